The van der Waals surface area contributed by atoms with E-state index >= 15 is 0 Å². The van der Waals surface area contributed by atoms with Gasteiger partial charge in [-0.2, -0.15) is 0 Å². The number of nitrogens with one attached hydrogen (secondary N) is 1. The first-order valence-corrected chi connectivity index (χ1v) is 35.1. The van der Waals surface area contributed by atoms with Crippen LogP contribution in [0.1, 0.15) is 261 Å². The molecule has 2 unspecified atom stereocenters. The van der Waals surface area contributed by atoms with Crippen LogP contribution < -0.4 is 5.32 Å². The summed E-state index contributed by atoms with van der Waals surface area (Å²) in [6.07, 6.45) is 35.4. The Morgan fingerprint density at radius 2 is 0.882 bits per heavy atom. The molecule has 0 amide bonds. The number of hydrogen-bond donors (Lipinski definition) is 1. The number of hydrogen-bond acceptors (Lipinski definition) is 8. The smallest absolute Gasteiger partial charge is 0.308 e. The fraction of sp³-hybridized carbons (Fsp3) is 0.966. The number of unbranched alkanes of at least 4 members (excludes halogenated alkanes) is 20. The molecule has 0 aliphatic rings. The van der Waals surface area contributed by atoms with E-state index in [2.05, 4.69) is 98.7 Å². The Balaban J connectivity index is 5.81. The number of esters is 2. The Kier molecular flexibility index (Phi) is 40.2. The Morgan fingerprint density at radius 3 is 1.34 bits per heavy atom. The van der Waals surface area contributed by atoms with E-state index in [9.17, 15) is 9.59 Å². The lowest BCUT2D eigenvalue weighted by Gasteiger charge is -2.42. The Hall–Kier alpha value is -0.786. The summed E-state index contributed by atoms with van der Waals surface area (Å²) < 4.78 is 26.4. The van der Waals surface area contributed by atoms with Crippen LogP contribution in [0.3, 0.4) is 0 Å². The number of rotatable bonds is 47. The maximum absolute atomic E-state index is 13.5. The van der Waals surface area contributed by atoms with Crippen molar-refractivity contribution >= 4 is 28.6 Å². The van der Waals surface area contributed by atoms with Gasteiger partial charge in [0.05, 0.1) is 31.3 Å². The second kappa shape index (κ2) is 40.7. The first-order valence-electron chi connectivity index (χ1n) is 29.3. The van der Waals surface area contributed by atoms with Gasteiger partial charge in [0.1, 0.15) is 0 Å². The van der Waals surface area contributed by atoms with Crippen LogP contribution in [0.15, 0.2) is 0 Å². The molecule has 0 spiro atoms. The van der Waals surface area contributed by atoms with Gasteiger partial charge in [0.2, 0.25) is 0 Å². The monoisotopic (exact) mass is 997 g/mol. The van der Waals surface area contributed by atoms with Gasteiger partial charge in [0.15, 0.2) is 16.6 Å². The van der Waals surface area contributed by atoms with Crippen molar-refractivity contribution < 1.29 is 27.9 Å². The predicted octanol–water partition coefficient (Wildman–Crippen LogP) is 17.1. The lowest BCUT2D eigenvalue weighted by atomic mass is 9.94. The van der Waals surface area contributed by atoms with Crippen LogP contribution in [0.25, 0.3) is 0 Å². The Bertz CT molecular complexity index is 1170. The molecule has 8 nitrogen and oxygen atoms in total. The summed E-state index contributed by atoms with van der Waals surface area (Å²) in [5.74, 6) is 0.0494. The molecule has 0 saturated heterocycles. The van der Waals surface area contributed by atoms with Crippen LogP contribution >= 0.6 is 0 Å². The zero-order valence-corrected chi connectivity index (χ0v) is 50.3. The summed E-state index contributed by atoms with van der Waals surface area (Å²) in [5.41, 5.74) is 0. The zero-order chi connectivity index (χ0) is 51.2. The van der Waals surface area contributed by atoms with Crippen LogP contribution in [-0.2, 0) is 27.9 Å². The molecule has 0 radical (unpaired) electrons. The number of carbonyl (C=O) groups is 2. The summed E-state index contributed by atoms with van der Waals surface area (Å²) in [5, 5.41) is 3.56. The van der Waals surface area contributed by atoms with Gasteiger partial charge in [0.25, 0.3) is 0 Å². The molecule has 68 heavy (non-hydrogen) atoms. The highest BCUT2D eigenvalue weighted by Crippen LogP contribution is 2.39. The minimum Gasteiger partial charge on any atom is -0.466 e. The van der Waals surface area contributed by atoms with Gasteiger partial charge < -0.3 is 23.6 Å². The highest BCUT2D eigenvalue weighted by molar-refractivity contribution is 6.74. The van der Waals surface area contributed by atoms with Gasteiger partial charge in [-0.3, -0.25) is 14.5 Å². The third kappa shape index (κ3) is 35.4. The van der Waals surface area contributed by atoms with Crippen LogP contribution in [-0.4, -0.2) is 92.1 Å². The molecule has 0 bridgehead atoms. The first kappa shape index (κ1) is 67.2. The molecule has 0 aliphatic heterocycles. The Labute approximate surface area is 427 Å². The third-order valence-electron chi connectivity index (χ3n) is 15.3. The molecule has 0 fully saturated rings. The molecule has 0 saturated carbocycles. The van der Waals surface area contributed by atoms with Crippen LogP contribution in [0.2, 0.25) is 36.3 Å². The summed E-state index contributed by atoms with van der Waals surface area (Å²) in [4.78, 5) is 28.8. The molecule has 0 aromatic rings. The minimum atomic E-state index is -2.08. The van der Waals surface area contributed by atoms with Gasteiger partial charge in [-0.1, -0.05) is 191 Å². The SMILES string of the molecule is CCCCCCCCCCC(=O)OCCCC(CN(CCCCNC)CC(CCCCCOC(=O)C(CCCCCCCC)CCCCCCCC)O[Si](C)(C)C(C)(C)C)O[Si](C)(C)C(C)(C)C. The molecular weight excluding hydrogens is 877 g/mol. The zero-order valence-electron chi connectivity index (χ0n) is 48.3. The van der Waals surface area contributed by atoms with E-state index in [-0.39, 0.29) is 40.1 Å². The van der Waals surface area contributed by atoms with Crippen molar-refractivity contribution in [3.8, 4) is 0 Å². The van der Waals surface area contributed by atoms with Crippen molar-refractivity contribution in [1.29, 1.82) is 0 Å². The first-order chi connectivity index (χ1) is 32.2. The quantitative estimate of drug-likeness (QED) is 0.0367. The lowest BCUT2D eigenvalue weighted by Crippen LogP contribution is -2.50. The number of carbonyl (C=O) groups excluding carboxylic acids is 2. The second-order valence-electron chi connectivity index (χ2n) is 24.0. The molecule has 0 aliphatic carbocycles. The Morgan fingerprint density at radius 1 is 0.485 bits per heavy atom. The fourth-order valence-corrected chi connectivity index (χ4v) is 11.4. The molecule has 10 heteroatoms. The molecule has 406 valence electrons. The van der Waals surface area contributed by atoms with Crippen LogP contribution in [0.5, 0.6) is 0 Å². The average molecular weight is 998 g/mol. The largest absolute Gasteiger partial charge is 0.466 e. The topological polar surface area (TPSA) is 86.3 Å². The summed E-state index contributed by atoms with van der Waals surface area (Å²) in [6.45, 7) is 35.1. The molecule has 1 N–H and O–H groups in total. The summed E-state index contributed by atoms with van der Waals surface area (Å²) >= 11 is 0. The minimum absolute atomic E-state index is 0.0478. The standard InChI is InChI=1S/C58H120N2O6Si2/c1-15-18-21-24-27-28-31-36-45-55(61)63-49-40-44-54(66-68(13,14)58(7,8)9)51-60(47-38-37-46-59-10)50-53(65-67(11,12)57(4,5)6)43-35-32-39-48-64-56(62)52(41-33-29-25-22-19-16-2)42-34-30-26-23-20-17-3/h52-54,59H,15-51H2,1-14H3. The van der Waals surface area contributed by atoms with Gasteiger partial charge >= 0.3 is 11.9 Å². The van der Waals surface area contributed by atoms with Crippen molar-refractivity contribution in [3.63, 3.8) is 0 Å². The third-order valence-corrected chi connectivity index (χ3v) is 24.4. The van der Waals surface area contributed by atoms with Crippen molar-refractivity contribution in [3.05, 3.63) is 0 Å². The molecule has 0 aromatic carbocycles. The highest BCUT2D eigenvalue weighted by Gasteiger charge is 2.41. The molecule has 0 heterocycles. The predicted molar refractivity (Wildman–Crippen MR) is 300 cm³/mol. The number of ether oxygens (including phenoxy) is 2. The molecular formula is C58H120N2O6Si2. The fourth-order valence-electron chi connectivity index (χ4n) is 8.67. The lowest BCUT2D eigenvalue weighted by molar-refractivity contribution is -0.149. The molecule has 0 aromatic heterocycles. The van der Waals surface area contributed by atoms with Crippen molar-refractivity contribution in [1.82, 2.24) is 10.2 Å². The molecule has 2 atom stereocenters. The van der Waals surface area contributed by atoms with Crippen molar-refractivity contribution in [2.24, 2.45) is 5.92 Å². The average Bonchev–Trinajstić information content (AvgIpc) is 3.26. The normalized spacial score (nSPS) is 13.7. The van der Waals surface area contributed by atoms with Crippen molar-refractivity contribution in [2.75, 3.05) is 46.4 Å². The molecule has 0 rings (SSSR count). The van der Waals surface area contributed by atoms with E-state index in [1.807, 2.05) is 7.05 Å². The van der Waals surface area contributed by atoms with E-state index in [1.54, 1.807) is 0 Å². The van der Waals surface area contributed by atoms with Crippen LogP contribution in [0.4, 0.5) is 0 Å². The second-order valence-corrected chi connectivity index (χ2v) is 33.5. The van der Waals surface area contributed by atoms with Gasteiger partial charge in [-0.25, -0.2) is 0 Å². The van der Waals surface area contributed by atoms with Gasteiger partial charge in [-0.05, 0) is 121 Å². The highest BCUT2D eigenvalue weighted by atomic mass is 28.4. The maximum atomic E-state index is 13.5. The van der Waals surface area contributed by atoms with E-state index < -0.39 is 16.6 Å². The van der Waals surface area contributed by atoms with Gasteiger partial charge in [-0.15, -0.1) is 0 Å². The summed E-state index contributed by atoms with van der Waals surface area (Å²) in [6, 6.07) is 0. The maximum Gasteiger partial charge on any atom is 0.308 e. The van der Waals surface area contributed by atoms with E-state index in [4.69, 9.17) is 18.3 Å². The van der Waals surface area contributed by atoms with E-state index in [1.165, 1.54) is 103 Å². The van der Waals surface area contributed by atoms with E-state index in [0.29, 0.717) is 19.6 Å². The summed E-state index contributed by atoms with van der Waals surface area (Å²) in [7, 11) is -2.11. The van der Waals surface area contributed by atoms with E-state index in [0.717, 1.165) is 116 Å². The van der Waals surface area contributed by atoms with Crippen molar-refractivity contribution in [2.45, 2.75) is 310 Å². The van der Waals surface area contributed by atoms with Gasteiger partial charge in [0, 0.05) is 19.5 Å². The van der Waals surface area contributed by atoms with Crippen LogP contribution in [0, 0.1) is 5.92 Å². The number of nitrogens with zero attached hydrogens (tertiary/aromatic N) is 1.